The fourth-order valence-electron chi connectivity index (χ4n) is 4.75. The van der Waals surface area contributed by atoms with Crippen LogP contribution < -0.4 is 0 Å². The fourth-order valence-corrected chi connectivity index (χ4v) is 4.75. The third-order valence-electron chi connectivity index (χ3n) is 6.11. The maximum Gasteiger partial charge on any atom is 0.0608 e. The molecule has 1 saturated heterocycles. The van der Waals surface area contributed by atoms with Crippen molar-refractivity contribution >= 4 is 0 Å². The van der Waals surface area contributed by atoms with Crippen molar-refractivity contribution in [3.8, 4) is 0 Å². The largest absolute Gasteiger partial charge is 0.375 e. The Balaban J connectivity index is 1.81. The summed E-state index contributed by atoms with van der Waals surface area (Å²) in [5.74, 6) is 2.79. The standard InChI is InChI=1S/C20H39NO/c1-14(2)19-9-7-18(8-10-19)13-21-16(5)11-20(12-17(21)6)22-15(3)4/h14-20H,7-13H2,1-6H3/t16-,17-,18?,19?/m0/s1. The first-order valence-electron chi connectivity index (χ1n) is 9.78. The van der Waals surface area contributed by atoms with Gasteiger partial charge in [-0.05, 0) is 84.0 Å². The molecule has 0 aromatic rings. The Bertz CT molecular complexity index is 308. The van der Waals surface area contributed by atoms with Crippen LogP contribution in [0, 0.1) is 17.8 Å². The lowest BCUT2D eigenvalue weighted by Crippen LogP contribution is -2.51. The summed E-state index contributed by atoms with van der Waals surface area (Å²) < 4.78 is 6.08. The van der Waals surface area contributed by atoms with Gasteiger partial charge >= 0.3 is 0 Å². The number of likely N-dealkylation sites (tertiary alicyclic amines) is 1. The van der Waals surface area contributed by atoms with E-state index in [-0.39, 0.29) is 0 Å². The minimum atomic E-state index is 0.363. The molecule has 0 N–H and O–H groups in total. The molecule has 2 nitrogen and oxygen atoms in total. The summed E-state index contributed by atoms with van der Waals surface area (Å²) >= 11 is 0. The highest BCUT2D eigenvalue weighted by molar-refractivity contribution is 4.87. The maximum atomic E-state index is 6.08. The monoisotopic (exact) mass is 309 g/mol. The van der Waals surface area contributed by atoms with Crippen LogP contribution in [0.25, 0.3) is 0 Å². The predicted octanol–water partition coefficient (Wildman–Crippen LogP) is 5.12. The van der Waals surface area contributed by atoms with Gasteiger partial charge in [0.1, 0.15) is 0 Å². The predicted molar refractivity (Wildman–Crippen MR) is 95.2 cm³/mol. The molecule has 0 radical (unpaired) electrons. The molecule has 0 spiro atoms. The van der Waals surface area contributed by atoms with Gasteiger partial charge in [0, 0.05) is 18.6 Å². The van der Waals surface area contributed by atoms with Gasteiger partial charge in [0.05, 0.1) is 12.2 Å². The lowest BCUT2D eigenvalue weighted by molar-refractivity contribution is -0.0634. The SMILES string of the molecule is CC(C)OC1C[C@H](C)N(CC2CCC(C(C)C)CC2)[C@@H](C)C1. The van der Waals surface area contributed by atoms with Crippen LogP contribution >= 0.6 is 0 Å². The van der Waals surface area contributed by atoms with Crippen molar-refractivity contribution in [1.29, 1.82) is 0 Å². The number of hydrogen-bond acceptors (Lipinski definition) is 2. The smallest absolute Gasteiger partial charge is 0.0608 e. The molecular weight excluding hydrogens is 270 g/mol. The summed E-state index contributed by atoms with van der Waals surface area (Å²) in [5, 5.41) is 0. The average molecular weight is 310 g/mol. The summed E-state index contributed by atoms with van der Waals surface area (Å²) in [6.45, 7) is 15.3. The normalized spacial score (nSPS) is 37.9. The minimum Gasteiger partial charge on any atom is -0.375 e. The van der Waals surface area contributed by atoms with Crippen LogP contribution in [-0.4, -0.2) is 35.7 Å². The van der Waals surface area contributed by atoms with Crippen molar-refractivity contribution in [2.24, 2.45) is 17.8 Å². The van der Waals surface area contributed by atoms with Gasteiger partial charge in [-0.25, -0.2) is 0 Å². The van der Waals surface area contributed by atoms with E-state index in [9.17, 15) is 0 Å². The molecule has 2 heteroatoms. The third kappa shape index (κ3) is 4.96. The Morgan fingerprint density at radius 3 is 1.91 bits per heavy atom. The molecule has 0 amide bonds. The van der Waals surface area contributed by atoms with E-state index in [1.165, 1.54) is 45.1 Å². The number of ether oxygens (including phenoxy) is 1. The molecule has 2 rings (SSSR count). The van der Waals surface area contributed by atoms with Crippen molar-refractivity contribution in [3.05, 3.63) is 0 Å². The van der Waals surface area contributed by atoms with Crippen LogP contribution in [0.4, 0.5) is 0 Å². The molecule has 1 saturated carbocycles. The van der Waals surface area contributed by atoms with Gasteiger partial charge in [-0.1, -0.05) is 13.8 Å². The van der Waals surface area contributed by atoms with Crippen LogP contribution in [0.2, 0.25) is 0 Å². The summed E-state index contributed by atoms with van der Waals surface area (Å²) in [5.41, 5.74) is 0. The van der Waals surface area contributed by atoms with E-state index >= 15 is 0 Å². The van der Waals surface area contributed by atoms with E-state index in [4.69, 9.17) is 4.74 Å². The van der Waals surface area contributed by atoms with E-state index in [2.05, 4.69) is 46.4 Å². The summed E-state index contributed by atoms with van der Waals surface area (Å²) in [6.07, 6.45) is 9.07. The van der Waals surface area contributed by atoms with Crippen LogP contribution in [-0.2, 0) is 4.74 Å². The quantitative estimate of drug-likeness (QED) is 0.699. The van der Waals surface area contributed by atoms with E-state index < -0.39 is 0 Å². The number of rotatable bonds is 5. The molecule has 2 fully saturated rings. The zero-order chi connectivity index (χ0) is 16.3. The van der Waals surface area contributed by atoms with Gasteiger partial charge in [-0.3, -0.25) is 4.90 Å². The number of hydrogen-bond donors (Lipinski definition) is 0. The second-order valence-corrected chi connectivity index (χ2v) is 8.70. The molecule has 1 heterocycles. The molecule has 0 bridgehead atoms. The second-order valence-electron chi connectivity index (χ2n) is 8.70. The van der Waals surface area contributed by atoms with Gasteiger partial charge in [-0.2, -0.15) is 0 Å². The molecule has 0 unspecified atom stereocenters. The summed E-state index contributed by atoms with van der Waals surface area (Å²) in [7, 11) is 0. The lowest BCUT2D eigenvalue weighted by Gasteiger charge is -2.45. The van der Waals surface area contributed by atoms with Crippen LogP contribution in [0.1, 0.15) is 80.1 Å². The van der Waals surface area contributed by atoms with E-state index in [0.29, 0.717) is 24.3 Å². The Kier molecular flexibility index (Phi) is 6.76. The molecule has 0 aromatic heterocycles. The highest BCUT2D eigenvalue weighted by Crippen LogP contribution is 2.35. The minimum absolute atomic E-state index is 0.363. The first kappa shape index (κ1) is 18.3. The molecule has 1 aliphatic carbocycles. The zero-order valence-electron chi connectivity index (χ0n) is 15.8. The van der Waals surface area contributed by atoms with Gasteiger partial charge in [-0.15, -0.1) is 0 Å². The van der Waals surface area contributed by atoms with Gasteiger partial charge in [0.25, 0.3) is 0 Å². The Morgan fingerprint density at radius 2 is 1.45 bits per heavy atom. The van der Waals surface area contributed by atoms with Crippen molar-refractivity contribution in [3.63, 3.8) is 0 Å². The van der Waals surface area contributed by atoms with Crippen LogP contribution in [0.15, 0.2) is 0 Å². The highest BCUT2D eigenvalue weighted by Gasteiger charge is 2.34. The summed E-state index contributed by atoms with van der Waals surface area (Å²) in [4.78, 5) is 2.78. The second kappa shape index (κ2) is 8.15. The fraction of sp³-hybridized carbons (Fsp3) is 1.00. The highest BCUT2D eigenvalue weighted by atomic mass is 16.5. The van der Waals surface area contributed by atoms with E-state index in [0.717, 1.165) is 17.8 Å². The van der Waals surface area contributed by atoms with E-state index in [1.54, 1.807) is 0 Å². The Morgan fingerprint density at radius 1 is 0.909 bits per heavy atom. The molecule has 130 valence electrons. The topological polar surface area (TPSA) is 12.5 Å². The molecule has 2 atom stereocenters. The number of piperidine rings is 1. The van der Waals surface area contributed by atoms with Crippen molar-refractivity contribution in [1.82, 2.24) is 4.90 Å². The van der Waals surface area contributed by atoms with Crippen molar-refractivity contribution < 1.29 is 4.74 Å². The molecule has 22 heavy (non-hydrogen) atoms. The average Bonchev–Trinajstić information content (AvgIpc) is 2.42. The van der Waals surface area contributed by atoms with Gasteiger partial charge in [0.15, 0.2) is 0 Å². The summed E-state index contributed by atoms with van der Waals surface area (Å²) in [6, 6.07) is 1.35. The molecule has 2 aliphatic rings. The maximum absolute atomic E-state index is 6.08. The first-order valence-corrected chi connectivity index (χ1v) is 9.78. The Hall–Kier alpha value is -0.0800. The zero-order valence-corrected chi connectivity index (χ0v) is 15.8. The van der Waals surface area contributed by atoms with Gasteiger partial charge in [0.2, 0.25) is 0 Å². The van der Waals surface area contributed by atoms with Crippen molar-refractivity contribution in [2.75, 3.05) is 6.54 Å². The van der Waals surface area contributed by atoms with Crippen molar-refractivity contribution in [2.45, 2.75) is 104 Å². The van der Waals surface area contributed by atoms with E-state index in [1.807, 2.05) is 0 Å². The third-order valence-corrected chi connectivity index (χ3v) is 6.11. The van der Waals surface area contributed by atoms with Crippen LogP contribution in [0.3, 0.4) is 0 Å². The Labute approximate surface area is 139 Å². The molecule has 1 aliphatic heterocycles. The van der Waals surface area contributed by atoms with Gasteiger partial charge < -0.3 is 4.74 Å². The molecule has 0 aromatic carbocycles. The number of nitrogens with zero attached hydrogens (tertiary/aromatic N) is 1. The molecular formula is C20H39NO. The lowest BCUT2D eigenvalue weighted by atomic mass is 9.76. The van der Waals surface area contributed by atoms with Crippen LogP contribution in [0.5, 0.6) is 0 Å². The first-order chi connectivity index (χ1) is 10.4.